The number of hydrogen-bond donors (Lipinski definition) is 0. The number of rotatable bonds is 2. The zero-order valence-electron chi connectivity index (χ0n) is 6.14. The third kappa shape index (κ3) is 3.12. The van der Waals surface area contributed by atoms with Crippen molar-refractivity contribution in [2.24, 2.45) is 0 Å². The quantitative estimate of drug-likeness (QED) is 0.705. The van der Waals surface area contributed by atoms with Crippen molar-refractivity contribution in [1.29, 1.82) is 0 Å². The summed E-state index contributed by atoms with van der Waals surface area (Å²) in [6, 6.07) is 0. The number of ether oxygens (including phenoxy) is 1. The lowest BCUT2D eigenvalue weighted by atomic mass is 10.3. The molecule has 0 N–H and O–H groups in total. The zero-order valence-corrected chi connectivity index (χ0v) is 7.73. The van der Waals surface area contributed by atoms with Gasteiger partial charge >= 0.3 is 18.4 Å². The third-order valence-electron chi connectivity index (χ3n) is 0.970. The van der Waals surface area contributed by atoms with E-state index in [-0.39, 0.29) is 0 Å². The van der Waals surface area contributed by atoms with Gasteiger partial charge in [0.15, 0.2) is 0 Å². The topological polar surface area (TPSA) is 9.23 Å². The van der Waals surface area contributed by atoms with Crippen molar-refractivity contribution in [3.8, 4) is 0 Å². The van der Waals surface area contributed by atoms with Gasteiger partial charge in [-0.25, -0.2) is 4.74 Å². The molecule has 0 spiro atoms. The van der Waals surface area contributed by atoms with Crippen LogP contribution in [0.5, 0.6) is 0 Å². The highest BCUT2D eigenvalue weighted by atomic mass is 79.9. The van der Waals surface area contributed by atoms with Crippen LogP contribution in [0.25, 0.3) is 0 Å². The van der Waals surface area contributed by atoms with Crippen molar-refractivity contribution >= 4 is 15.9 Å². The molecule has 0 aliphatic carbocycles. The van der Waals surface area contributed by atoms with Gasteiger partial charge in [-0.05, 0) is 15.9 Å². The van der Waals surface area contributed by atoms with E-state index < -0.39 is 22.9 Å². The van der Waals surface area contributed by atoms with E-state index in [9.17, 15) is 30.7 Å². The summed E-state index contributed by atoms with van der Waals surface area (Å²) in [4.78, 5) is 0. The van der Waals surface area contributed by atoms with Gasteiger partial charge in [0.25, 0.3) is 0 Å². The molecular formula is C5H2BrF7O. The Hall–Kier alpha value is -0.310. The first-order valence-electron chi connectivity index (χ1n) is 2.77. The molecule has 1 atom stereocenters. The second kappa shape index (κ2) is 3.69. The lowest BCUT2D eigenvalue weighted by Crippen LogP contribution is -2.47. The number of halogens is 8. The van der Waals surface area contributed by atoms with Crippen LogP contribution in [0.15, 0.2) is 11.1 Å². The molecule has 0 aromatic rings. The van der Waals surface area contributed by atoms with Gasteiger partial charge in [0, 0.05) is 0 Å². The highest BCUT2D eigenvalue weighted by molar-refractivity contribution is 9.11. The molecule has 1 nitrogen and oxygen atoms in total. The smallest absolute Gasteiger partial charge is 0.241 e. The fourth-order valence-corrected chi connectivity index (χ4v) is 0.732. The molecule has 0 aromatic carbocycles. The van der Waals surface area contributed by atoms with Gasteiger partial charge in [-0.15, -0.1) is 13.2 Å². The Morgan fingerprint density at radius 3 is 1.43 bits per heavy atom. The van der Waals surface area contributed by atoms with Gasteiger partial charge in [-0.3, -0.25) is 0 Å². The summed E-state index contributed by atoms with van der Waals surface area (Å²) in [7, 11) is 0. The maximum absolute atomic E-state index is 12.7. The molecule has 0 bridgehead atoms. The first kappa shape index (κ1) is 13.7. The van der Waals surface area contributed by atoms with Gasteiger partial charge < -0.3 is 0 Å². The normalized spacial score (nSPS) is 17.7. The maximum atomic E-state index is 12.7. The summed E-state index contributed by atoms with van der Waals surface area (Å²) in [5.41, 5.74) is 0. The fraction of sp³-hybridized carbons (Fsp3) is 0.600. The molecule has 14 heavy (non-hydrogen) atoms. The SMILES string of the molecule is C=C(Br)[C@](F)(OC(F)(F)F)C(F)(F)F. The molecule has 0 rings (SSSR count). The Morgan fingerprint density at radius 1 is 1.00 bits per heavy atom. The minimum absolute atomic E-state index is 1.62. The molecule has 9 heteroatoms. The van der Waals surface area contributed by atoms with Crippen molar-refractivity contribution < 1.29 is 35.5 Å². The van der Waals surface area contributed by atoms with E-state index in [1.165, 1.54) is 0 Å². The van der Waals surface area contributed by atoms with Gasteiger partial charge in [-0.1, -0.05) is 6.58 Å². The predicted molar refractivity (Wildman–Crippen MR) is 35.1 cm³/mol. The molecule has 0 aliphatic heterocycles. The molecule has 0 saturated heterocycles. The highest BCUT2D eigenvalue weighted by Gasteiger charge is 2.64. The maximum Gasteiger partial charge on any atom is 0.525 e. The summed E-state index contributed by atoms with van der Waals surface area (Å²) >= 11 is 1.87. The summed E-state index contributed by atoms with van der Waals surface area (Å²) in [6.07, 6.45) is -11.6. The first-order chi connectivity index (χ1) is 5.90. The van der Waals surface area contributed by atoms with Gasteiger partial charge in [0.2, 0.25) is 0 Å². The van der Waals surface area contributed by atoms with E-state index in [1.54, 1.807) is 0 Å². The standard InChI is InChI=1S/C5H2BrF7O/c1-2(6)3(7,4(8,9)10)14-5(11,12)13/h1H2/t3-/m0/s1. The van der Waals surface area contributed by atoms with Gasteiger partial charge in [0.05, 0.1) is 4.48 Å². The van der Waals surface area contributed by atoms with Crippen molar-refractivity contribution in [3.05, 3.63) is 11.1 Å². The Morgan fingerprint density at radius 2 is 1.36 bits per heavy atom. The van der Waals surface area contributed by atoms with Crippen LogP contribution < -0.4 is 0 Å². The molecule has 0 aliphatic rings. The van der Waals surface area contributed by atoms with Crippen LogP contribution in [0.3, 0.4) is 0 Å². The highest BCUT2D eigenvalue weighted by Crippen LogP contribution is 2.45. The van der Waals surface area contributed by atoms with Gasteiger partial charge in [0.1, 0.15) is 0 Å². The minimum atomic E-state index is -5.87. The largest absolute Gasteiger partial charge is 0.525 e. The summed E-state index contributed by atoms with van der Waals surface area (Å²) < 4.78 is 83.0. The fourth-order valence-electron chi connectivity index (χ4n) is 0.426. The van der Waals surface area contributed by atoms with Crippen molar-refractivity contribution in [2.75, 3.05) is 0 Å². The Balaban J connectivity index is 5.04. The van der Waals surface area contributed by atoms with Crippen LogP contribution in [0.2, 0.25) is 0 Å². The average Bonchev–Trinajstić information content (AvgIpc) is 1.79. The Labute approximate surface area is 81.6 Å². The van der Waals surface area contributed by atoms with E-state index in [1.807, 2.05) is 15.9 Å². The van der Waals surface area contributed by atoms with E-state index in [0.717, 1.165) is 0 Å². The number of alkyl halides is 7. The molecule has 0 radical (unpaired) electrons. The van der Waals surface area contributed by atoms with E-state index in [2.05, 4.69) is 11.3 Å². The van der Waals surface area contributed by atoms with E-state index >= 15 is 0 Å². The molecule has 84 valence electrons. The van der Waals surface area contributed by atoms with Crippen molar-refractivity contribution in [1.82, 2.24) is 0 Å². The molecule has 0 amide bonds. The Kier molecular flexibility index (Phi) is 3.60. The Bertz CT molecular complexity index is 231. The first-order valence-corrected chi connectivity index (χ1v) is 3.57. The molecular weight excluding hydrogens is 289 g/mol. The van der Waals surface area contributed by atoms with Crippen LogP contribution in [0, 0.1) is 0 Å². The second-order valence-corrected chi connectivity index (χ2v) is 3.00. The molecule has 0 heterocycles. The molecule has 0 saturated carbocycles. The van der Waals surface area contributed by atoms with Crippen LogP contribution in [0.1, 0.15) is 0 Å². The number of hydrogen-bond acceptors (Lipinski definition) is 1. The van der Waals surface area contributed by atoms with E-state index in [4.69, 9.17) is 0 Å². The lowest BCUT2D eigenvalue weighted by Gasteiger charge is -2.27. The minimum Gasteiger partial charge on any atom is -0.241 e. The average molecular weight is 291 g/mol. The predicted octanol–water partition coefficient (Wildman–Crippen LogP) is 3.66. The lowest BCUT2D eigenvalue weighted by molar-refractivity contribution is -0.433. The monoisotopic (exact) mass is 290 g/mol. The van der Waals surface area contributed by atoms with Crippen LogP contribution >= 0.6 is 15.9 Å². The van der Waals surface area contributed by atoms with Crippen molar-refractivity contribution in [3.63, 3.8) is 0 Å². The van der Waals surface area contributed by atoms with E-state index in [0.29, 0.717) is 0 Å². The summed E-state index contributed by atoms with van der Waals surface area (Å²) in [6.45, 7) is 2.37. The third-order valence-corrected chi connectivity index (χ3v) is 1.48. The van der Waals surface area contributed by atoms with Crippen LogP contribution in [-0.2, 0) is 4.74 Å². The van der Waals surface area contributed by atoms with Crippen LogP contribution in [-0.4, -0.2) is 18.4 Å². The van der Waals surface area contributed by atoms with Crippen LogP contribution in [0.4, 0.5) is 30.7 Å². The van der Waals surface area contributed by atoms with Gasteiger partial charge in [-0.2, -0.15) is 17.6 Å². The van der Waals surface area contributed by atoms with Crippen molar-refractivity contribution in [2.45, 2.75) is 18.4 Å². The molecule has 0 fully saturated rings. The molecule has 0 unspecified atom stereocenters. The summed E-state index contributed by atoms with van der Waals surface area (Å²) in [5, 5.41) is 0. The zero-order chi connectivity index (χ0) is 11.8. The second-order valence-electron chi connectivity index (χ2n) is 2.05. The molecule has 0 aromatic heterocycles. The summed E-state index contributed by atoms with van der Waals surface area (Å²) in [5.74, 6) is -4.98.